The van der Waals surface area contributed by atoms with E-state index >= 15 is 0 Å². The summed E-state index contributed by atoms with van der Waals surface area (Å²) in [5, 5.41) is 0. The summed E-state index contributed by atoms with van der Waals surface area (Å²) in [6.45, 7) is 4.23. The molecule has 2 nitrogen and oxygen atoms in total. The molecule has 1 aliphatic heterocycles. The van der Waals surface area contributed by atoms with Crippen LogP contribution in [0.3, 0.4) is 0 Å². The summed E-state index contributed by atoms with van der Waals surface area (Å²) in [6.07, 6.45) is 6.99. The van der Waals surface area contributed by atoms with Crippen molar-refractivity contribution in [1.82, 2.24) is 0 Å². The molecule has 164 valence electrons. The van der Waals surface area contributed by atoms with Crippen LogP contribution in [-0.2, 0) is 6.42 Å². The third-order valence-electron chi connectivity index (χ3n) is 6.22. The summed E-state index contributed by atoms with van der Waals surface area (Å²) in [4.78, 5) is 0. The van der Waals surface area contributed by atoms with Crippen molar-refractivity contribution in [3.8, 4) is 29.1 Å². The van der Waals surface area contributed by atoms with Gasteiger partial charge in [-0.05, 0) is 50.7 Å². The van der Waals surface area contributed by atoms with Crippen molar-refractivity contribution < 1.29 is 22.6 Å². The van der Waals surface area contributed by atoms with Crippen molar-refractivity contribution in [2.24, 2.45) is 11.8 Å². The minimum absolute atomic E-state index is 0.0294. The maximum atomic E-state index is 14.8. The van der Waals surface area contributed by atoms with E-state index in [0.717, 1.165) is 31.6 Å². The van der Waals surface area contributed by atoms with Gasteiger partial charge in [0, 0.05) is 23.5 Å². The molecule has 31 heavy (non-hydrogen) atoms. The lowest BCUT2D eigenvalue weighted by atomic mass is 9.80. The molecule has 1 aliphatic carbocycles. The van der Waals surface area contributed by atoms with Gasteiger partial charge in [0.25, 0.3) is 0 Å². The molecular weight excluding hydrogens is 401 g/mol. The van der Waals surface area contributed by atoms with E-state index in [1.54, 1.807) is 13.0 Å². The Kier molecular flexibility index (Phi) is 6.46. The lowest BCUT2D eigenvalue weighted by molar-refractivity contribution is 0.300. The van der Waals surface area contributed by atoms with E-state index in [1.807, 2.05) is 0 Å². The third kappa shape index (κ3) is 4.39. The number of halogens is 3. The molecule has 4 rings (SSSR count). The Morgan fingerprint density at radius 1 is 0.968 bits per heavy atom. The molecule has 1 saturated carbocycles. The Morgan fingerprint density at radius 3 is 2.42 bits per heavy atom. The monoisotopic (exact) mass is 428 g/mol. The van der Waals surface area contributed by atoms with Gasteiger partial charge in [-0.15, -0.1) is 0 Å². The highest BCUT2D eigenvalue weighted by molar-refractivity contribution is 5.56. The van der Waals surface area contributed by atoms with Crippen LogP contribution in [0.5, 0.6) is 17.2 Å². The van der Waals surface area contributed by atoms with E-state index in [0.29, 0.717) is 11.1 Å². The van der Waals surface area contributed by atoms with Gasteiger partial charge in [0.15, 0.2) is 23.1 Å². The summed E-state index contributed by atoms with van der Waals surface area (Å²) in [5.41, 5.74) is 1.06. The van der Waals surface area contributed by atoms with Crippen molar-refractivity contribution in [2.75, 3.05) is 6.61 Å². The van der Waals surface area contributed by atoms with Gasteiger partial charge in [-0.2, -0.15) is 8.78 Å². The van der Waals surface area contributed by atoms with Gasteiger partial charge in [-0.25, -0.2) is 4.39 Å². The molecule has 0 N–H and O–H groups in total. The number of ether oxygens (including phenoxy) is 2. The molecule has 0 spiro atoms. The number of hydrogen-bond acceptors (Lipinski definition) is 2. The van der Waals surface area contributed by atoms with Gasteiger partial charge >= 0.3 is 0 Å². The predicted molar refractivity (Wildman–Crippen MR) is 114 cm³/mol. The Hall–Kier alpha value is -2.61. The SMILES string of the molecule is CCCC1CCC(C#Cc2cc3c(c(F)c2F)Oc2c(ccc(OCC)c2F)C3)CC1. The Balaban J connectivity index is 1.57. The minimum atomic E-state index is -1.12. The molecule has 5 heteroatoms. The van der Waals surface area contributed by atoms with Gasteiger partial charge in [0.2, 0.25) is 11.6 Å². The van der Waals surface area contributed by atoms with Crippen molar-refractivity contribution in [1.29, 1.82) is 0 Å². The fourth-order valence-electron chi connectivity index (χ4n) is 4.58. The van der Waals surface area contributed by atoms with Crippen LogP contribution in [0.25, 0.3) is 0 Å². The van der Waals surface area contributed by atoms with Crippen LogP contribution >= 0.6 is 0 Å². The van der Waals surface area contributed by atoms with Crippen LogP contribution in [0, 0.1) is 41.1 Å². The first kappa shape index (κ1) is 21.6. The van der Waals surface area contributed by atoms with E-state index < -0.39 is 17.5 Å². The highest BCUT2D eigenvalue weighted by Gasteiger charge is 2.28. The lowest BCUT2D eigenvalue weighted by Crippen LogP contribution is -2.13. The van der Waals surface area contributed by atoms with Crippen LogP contribution in [-0.4, -0.2) is 6.61 Å². The summed E-state index contributed by atoms with van der Waals surface area (Å²) < 4.78 is 54.9. The molecule has 0 unspecified atom stereocenters. The maximum absolute atomic E-state index is 14.8. The molecule has 2 aliphatic rings. The van der Waals surface area contributed by atoms with Crippen molar-refractivity contribution in [3.05, 3.63) is 52.3 Å². The summed E-state index contributed by atoms with van der Waals surface area (Å²) in [6, 6.07) is 4.75. The standard InChI is InChI=1S/C26H27F3O2/c1-3-5-16-6-8-17(9-7-16)10-11-18-14-20-15-19-12-13-21(30-4-2)23(28)25(19)31-26(20)24(29)22(18)27/h12-14,16-17H,3-9,15H2,1-2H3. The second-order valence-corrected chi connectivity index (χ2v) is 8.39. The van der Waals surface area contributed by atoms with Gasteiger partial charge in [0.1, 0.15) is 0 Å². The largest absolute Gasteiger partial charge is 0.491 e. The van der Waals surface area contributed by atoms with Gasteiger partial charge in [-0.1, -0.05) is 37.7 Å². The van der Waals surface area contributed by atoms with E-state index in [1.165, 1.54) is 25.0 Å². The molecule has 1 fully saturated rings. The Bertz CT molecular complexity index is 1030. The van der Waals surface area contributed by atoms with E-state index in [2.05, 4.69) is 18.8 Å². The molecular formula is C26H27F3O2. The van der Waals surface area contributed by atoms with Crippen LogP contribution in [0.1, 0.15) is 69.1 Å². The molecule has 1 heterocycles. The molecule has 0 aromatic heterocycles. The molecule has 2 aromatic rings. The summed E-state index contributed by atoms with van der Waals surface area (Å²) >= 11 is 0. The number of benzene rings is 2. The second-order valence-electron chi connectivity index (χ2n) is 8.39. The van der Waals surface area contributed by atoms with E-state index in [9.17, 15) is 13.2 Å². The van der Waals surface area contributed by atoms with Crippen molar-refractivity contribution in [3.63, 3.8) is 0 Å². The molecule has 2 aromatic carbocycles. The number of rotatable bonds is 4. The number of fused-ring (bicyclic) bond motifs is 2. The zero-order valence-corrected chi connectivity index (χ0v) is 18.0. The fraction of sp³-hybridized carbons (Fsp3) is 0.462. The third-order valence-corrected chi connectivity index (χ3v) is 6.22. The first-order chi connectivity index (χ1) is 15.0. The normalized spacial score (nSPS) is 19.5. The molecule has 0 bridgehead atoms. The van der Waals surface area contributed by atoms with Crippen molar-refractivity contribution >= 4 is 0 Å². The maximum Gasteiger partial charge on any atom is 0.207 e. The lowest BCUT2D eigenvalue weighted by Gasteiger charge is -2.25. The van der Waals surface area contributed by atoms with Crippen LogP contribution in [0.15, 0.2) is 18.2 Å². The topological polar surface area (TPSA) is 18.5 Å². The average molecular weight is 428 g/mol. The highest BCUT2D eigenvalue weighted by atomic mass is 19.2. The molecule has 0 atom stereocenters. The van der Waals surface area contributed by atoms with Gasteiger partial charge in [0.05, 0.1) is 12.2 Å². The van der Waals surface area contributed by atoms with Gasteiger partial charge < -0.3 is 9.47 Å². The Labute approximate surface area is 181 Å². The fourth-order valence-corrected chi connectivity index (χ4v) is 4.58. The summed E-state index contributed by atoms with van der Waals surface area (Å²) in [7, 11) is 0. The molecule has 0 saturated heterocycles. The van der Waals surface area contributed by atoms with Crippen molar-refractivity contribution in [2.45, 2.75) is 58.8 Å². The van der Waals surface area contributed by atoms with Crippen LogP contribution < -0.4 is 9.47 Å². The smallest absolute Gasteiger partial charge is 0.207 e. The number of hydrogen-bond donors (Lipinski definition) is 0. The first-order valence-electron chi connectivity index (χ1n) is 11.2. The van der Waals surface area contributed by atoms with E-state index in [-0.39, 0.29) is 41.8 Å². The van der Waals surface area contributed by atoms with Crippen LogP contribution in [0.4, 0.5) is 13.2 Å². The Morgan fingerprint density at radius 2 is 1.71 bits per heavy atom. The van der Waals surface area contributed by atoms with Gasteiger partial charge in [-0.3, -0.25) is 0 Å². The quantitative estimate of drug-likeness (QED) is 0.411. The zero-order chi connectivity index (χ0) is 22.0. The summed E-state index contributed by atoms with van der Waals surface area (Å²) in [5.74, 6) is 3.77. The molecule has 0 radical (unpaired) electrons. The predicted octanol–water partition coefficient (Wildman–Crippen LogP) is 7.16. The van der Waals surface area contributed by atoms with E-state index in [4.69, 9.17) is 9.47 Å². The second kappa shape index (κ2) is 9.26. The zero-order valence-electron chi connectivity index (χ0n) is 18.0. The molecule has 0 amide bonds. The van der Waals surface area contributed by atoms with Crippen LogP contribution in [0.2, 0.25) is 0 Å². The highest BCUT2D eigenvalue weighted by Crippen LogP contribution is 2.43. The average Bonchev–Trinajstić information content (AvgIpc) is 2.78. The minimum Gasteiger partial charge on any atom is -0.491 e. The first-order valence-corrected chi connectivity index (χ1v) is 11.2.